The van der Waals surface area contributed by atoms with Crippen molar-refractivity contribution in [2.24, 2.45) is 0 Å². The first-order valence-electron chi connectivity index (χ1n) is 2.09. The Bertz CT molecular complexity index is 58.8. The van der Waals surface area contributed by atoms with Crippen LogP contribution in [-0.4, -0.2) is 12.0 Å². The molecule has 0 aromatic rings. The Hall–Kier alpha value is 1.59. The maximum absolute atomic E-state index is 5.50. The van der Waals surface area contributed by atoms with Crippen LogP contribution in [0.25, 0.3) is 0 Å². The molecule has 0 atom stereocenters. The highest BCUT2D eigenvalue weighted by atomic mass is 36.1. The molecule has 0 aliphatic rings. The van der Waals surface area contributed by atoms with Crippen LogP contribution in [0, 0.1) is 0 Å². The molecular weight excluding hydrogens is 209 g/mol. The van der Waals surface area contributed by atoms with Crippen LogP contribution in [0.5, 0.6) is 0 Å². The topological polar surface area (TPSA) is 0 Å². The first-order chi connectivity index (χ1) is 3.56. The summed E-state index contributed by atoms with van der Waals surface area (Å²) >= 11 is 21.8. The number of hydrogen-bond acceptors (Lipinski definition) is 0. The SMILES string of the molecule is ClCCC[P+](Cl)(Cl)Cl. The van der Waals surface area contributed by atoms with Gasteiger partial charge in [-0.25, -0.2) is 0 Å². The second kappa shape index (κ2) is 4.41. The second-order valence-corrected chi connectivity index (χ2v) is 9.99. The Labute approximate surface area is 69.1 Å². The van der Waals surface area contributed by atoms with Gasteiger partial charge in [0.05, 0.1) is 0 Å². The molecule has 8 heavy (non-hydrogen) atoms. The molecule has 0 rings (SSSR count). The molecule has 0 fully saturated rings. The Kier molecular flexibility index (Phi) is 5.29. The van der Waals surface area contributed by atoms with Gasteiger partial charge in [0.2, 0.25) is 0 Å². The summed E-state index contributed by atoms with van der Waals surface area (Å²) in [4.78, 5) is 0. The van der Waals surface area contributed by atoms with Gasteiger partial charge in [0.15, 0.2) is 0 Å². The Balaban J connectivity index is 3.11. The number of rotatable bonds is 3. The fourth-order valence-corrected chi connectivity index (χ4v) is 2.15. The third-order valence-electron chi connectivity index (χ3n) is 0.545. The van der Waals surface area contributed by atoms with E-state index in [1.54, 1.807) is 0 Å². The molecule has 0 aliphatic heterocycles. The second-order valence-electron chi connectivity index (χ2n) is 1.32. The van der Waals surface area contributed by atoms with Crippen LogP contribution < -0.4 is 0 Å². The zero-order valence-electron chi connectivity index (χ0n) is 4.08. The predicted octanol–water partition coefficient (Wildman–Crippen LogP) is 4.09. The van der Waals surface area contributed by atoms with E-state index in [0.29, 0.717) is 12.0 Å². The van der Waals surface area contributed by atoms with Crippen LogP contribution >= 0.6 is 50.6 Å². The molecule has 50 valence electrons. The fourth-order valence-electron chi connectivity index (χ4n) is 0.239. The number of halogens is 4. The van der Waals surface area contributed by atoms with E-state index in [-0.39, 0.29) is 0 Å². The highest BCUT2D eigenvalue weighted by Gasteiger charge is 2.30. The van der Waals surface area contributed by atoms with E-state index in [4.69, 9.17) is 45.3 Å². The molecule has 0 spiro atoms. The summed E-state index contributed by atoms with van der Waals surface area (Å²) in [6.07, 6.45) is 1.44. The van der Waals surface area contributed by atoms with Gasteiger partial charge in [-0.15, -0.1) is 11.6 Å². The molecule has 0 heterocycles. The highest BCUT2D eigenvalue weighted by Crippen LogP contribution is 2.74. The lowest BCUT2D eigenvalue weighted by atomic mass is 10.6. The van der Waals surface area contributed by atoms with Gasteiger partial charge in [-0.2, -0.15) is 0 Å². The molecule has 0 aliphatic carbocycles. The van der Waals surface area contributed by atoms with E-state index in [2.05, 4.69) is 0 Å². The van der Waals surface area contributed by atoms with E-state index < -0.39 is 5.32 Å². The van der Waals surface area contributed by atoms with Crippen LogP contribution in [0.4, 0.5) is 0 Å². The summed E-state index contributed by atoms with van der Waals surface area (Å²) < 4.78 is 0. The molecule has 0 saturated heterocycles. The molecule has 0 unspecified atom stereocenters. The monoisotopic (exact) mass is 213 g/mol. The van der Waals surface area contributed by atoms with Crippen molar-refractivity contribution < 1.29 is 0 Å². The van der Waals surface area contributed by atoms with Crippen molar-refractivity contribution in [3.05, 3.63) is 0 Å². The Morgan fingerprint density at radius 2 is 1.62 bits per heavy atom. The largest absolute Gasteiger partial charge is 0.307 e. The zero-order valence-corrected chi connectivity index (χ0v) is 8.00. The van der Waals surface area contributed by atoms with Gasteiger partial charge in [-0.1, -0.05) is 0 Å². The number of alkyl halides is 1. The molecule has 0 saturated carbocycles. The highest BCUT2D eigenvalue weighted by molar-refractivity contribution is 8.32. The molecule has 5 heteroatoms. The summed E-state index contributed by atoms with van der Waals surface area (Å²) in [6.45, 7) is 0. The summed E-state index contributed by atoms with van der Waals surface area (Å²) in [7, 11) is 0. The quantitative estimate of drug-likeness (QED) is 0.491. The van der Waals surface area contributed by atoms with E-state index in [9.17, 15) is 0 Å². The third kappa shape index (κ3) is 7.59. The standard InChI is InChI=1S/C3H6Cl4P/c4-2-1-3-8(5,6)7/h1-3H2/q+1. The molecule has 0 nitrogen and oxygen atoms in total. The lowest BCUT2D eigenvalue weighted by Gasteiger charge is -1.94. The average Bonchev–Trinajstić information content (AvgIpc) is 1.59. The minimum atomic E-state index is -2.10. The molecular formula is C3H6Cl4P+. The van der Waals surface area contributed by atoms with E-state index in [0.717, 1.165) is 6.42 Å². The van der Waals surface area contributed by atoms with Crippen molar-refractivity contribution in [2.45, 2.75) is 6.42 Å². The first-order valence-corrected chi connectivity index (χ1v) is 7.31. The van der Waals surface area contributed by atoms with E-state index >= 15 is 0 Å². The summed E-state index contributed by atoms with van der Waals surface area (Å²) in [5.74, 6) is 0.577. The third-order valence-corrected chi connectivity index (χ3v) is 3.16. The number of hydrogen-bond donors (Lipinski definition) is 0. The lowest BCUT2D eigenvalue weighted by molar-refractivity contribution is 1.11. The Morgan fingerprint density at radius 3 is 1.75 bits per heavy atom. The van der Waals surface area contributed by atoms with Crippen molar-refractivity contribution >= 4 is 50.6 Å². The lowest BCUT2D eigenvalue weighted by Crippen LogP contribution is -1.80. The summed E-state index contributed by atoms with van der Waals surface area (Å²) in [5, 5.41) is -2.10. The molecule has 0 radical (unpaired) electrons. The minimum absolute atomic E-state index is 0.577. The van der Waals surface area contributed by atoms with Gasteiger partial charge in [0.25, 0.3) is 0 Å². The van der Waals surface area contributed by atoms with Gasteiger partial charge in [0, 0.05) is 5.88 Å². The fraction of sp³-hybridized carbons (Fsp3) is 1.00. The molecule has 0 amide bonds. The van der Waals surface area contributed by atoms with Gasteiger partial charge >= 0.3 is 5.32 Å². The van der Waals surface area contributed by atoms with Crippen molar-refractivity contribution in [3.8, 4) is 0 Å². The van der Waals surface area contributed by atoms with Crippen LogP contribution in [0.1, 0.15) is 6.42 Å². The predicted molar refractivity (Wildman–Crippen MR) is 44.7 cm³/mol. The summed E-state index contributed by atoms with van der Waals surface area (Å²) in [6, 6.07) is 0. The molecule has 0 N–H and O–H groups in total. The molecule has 0 bridgehead atoms. The van der Waals surface area contributed by atoms with Gasteiger partial charge in [-0.05, 0) is 6.42 Å². The van der Waals surface area contributed by atoms with Crippen LogP contribution in [0.3, 0.4) is 0 Å². The maximum Gasteiger partial charge on any atom is 0.307 e. The van der Waals surface area contributed by atoms with Crippen molar-refractivity contribution in [2.75, 3.05) is 12.0 Å². The van der Waals surface area contributed by atoms with E-state index in [1.807, 2.05) is 0 Å². The average molecular weight is 215 g/mol. The van der Waals surface area contributed by atoms with Gasteiger partial charge in [-0.3, -0.25) is 0 Å². The molecule has 0 aromatic heterocycles. The minimum Gasteiger partial charge on any atom is -0.127 e. The maximum atomic E-state index is 5.50. The smallest absolute Gasteiger partial charge is 0.127 e. The van der Waals surface area contributed by atoms with Crippen LogP contribution in [0.15, 0.2) is 0 Å². The zero-order chi connectivity index (χ0) is 6.62. The first kappa shape index (κ1) is 9.59. The summed E-state index contributed by atoms with van der Waals surface area (Å²) in [5.41, 5.74) is 0. The van der Waals surface area contributed by atoms with Crippen molar-refractivity contribution in [3.63, 3.8) is 0 Å². The van der Waals surface area contributed by atoms with E-state index in [1.165, 1.54) is 0 Å². The van der Waals surface area contributed by atoms with Gasteiger partial charge in [0.1, 0.15) is 39.9 Å². The van der Waals surface area contributed by atoms with Gasteiger partial charge < -0.3 is 0 Å². The Morgan fingerprint density at radius 1 is 1.12 bits per heavy atom. The molecule has 0 aromatic carbocycles. The van der Waals surface area contributed by atoms with Crippen molar-refractivity contribution in [1.82, 2.24) is 0 Å². The van der Waals surface area contributed by atoms with Crippen LogP contribution in [0.2, 0.25) is 0 Å². The normalized spacial score (nSPS) is 12.0. The van der Waals surface area contributed by atoms with Crippen molar-refractivity contribution in [1.29, 1.82) is 0 Å². The van der Waals surface area contributed by atoms with Crippen LogP contribution in [-0.2, 0) is 0 Å².